The standard InChI is InChI=1S/C13H24N2O3S/c1-10(9-19(2,17)18)15(12-5-6-12)13(16)11-4-3-7-14-8-11/h10-12,14H,3-9H2,1-2H3. The van der Waals surface area contributed by atoms with Crippen LogP contribution in [0.4, 0.5) is 0 Å². The highest BCUT2D eigenvalue weighted by molar-refractivity contribution is 7.90. The van der Waals surface area contributed by atoms with Crippen LogP contribution in [0.5, 0.6) is 0 Å². The molecule has 0 aromatic rings. The minimum Gasteiger partial charge on any atom is -0.336 e. The van der Waals surface area contributed by atoms with Crippen molar-refractivity contribution in [2.75, 3.05) is 25.1 Å². The van der Waals surface area contributed by atoms with Crippen molar-refractivity contribution in [1.82, 2.24) is 10.2 Å². The smallest absolute Gasteiger partial charge is 0.227 e. The monoisotopic (exact) mass is 288 g/mol. The van der Waals surface area contributed by atoms with E-state index in [-0.39, 0.29) is 29.7 Å². The summed E-state index contributed by atoms with van der Waals surface area (Å²) in [5.41, 5.74) is 0. The Morgan fingerprint density at radius 2 is 2.05 bits per heavy atom. The number of carbonyl (C=O) groups is 1. The second-order valence-corrected chi connectivity index (χ2v) is 8.15. The van der Waals surface area contributed by atoms with Crippen LogP contribution >= 0.6 is 0 Å². The zero-order valence-electron chi connectivity index (χ0n) is 11.8. The van der Waals surface area contributed by atoms with Crippen LogP contribution in [-0.2, 0) is 14.6 Å². The van der Waals surface area contributed by atoms with E-state index in [1.165, 1.54) is 6.26 Å². The highest BCUT2D eigenvalue weighted by Gasteiger charge is 2.39. The summed E-state index contributed by atoms with van der Waals surface area (Å²) in [6.45, 7) is 3.56. The van der Waals surface area contributed by atoms with Crippen molar-refractivity contribution < 1.29 is 13.2 Å². The summed E-state index contributed by atoms with van der Waals surface area (Å²) in [4.78, 5) is 14.4. The molecule has 2 atom stereocenters. The molecule has 6 heteroatoms. The van der Waals surface area contributed by atoms with Crippen LogP contribution in [0, 0.1) is 5.92 Å². The molecule has 19 heavy (non-hydrogen) atoms. The molecule has 0 bridgehead atoms. The fourth-order valence-corrected chi connectivity index (χ4v) is 3.94. The van der Waals surface area contributed by atoms with Crippen molar-refractivity contribution >= 4 is 15.7 Å². The summed E-state index contributed by atoms with van der Waals surface area (Å²) < 4.78 is 22.9. The first-order valence-corrected chi connectivity index (χ1v) is 9.15. The first-order chi connectivity index (χ1) is 8.88. The molecule has 1 amide bonds. The fourth-order valence-electron chi connectivity index (χ4n) is 2.90. The van der Waals surface area contributed by atoms with E-state index in [1.807, 2.05) is 11.8 Å². The largest absolute Gasteiger partial charge is 0.336 e. The zero-order valence-corrected chi connectivity index (χ0v) is 12.6. The van der Waals surface area contributed by atoms with E-state index in [2.05, 4.69) is 5.32 Å². The Morgan fingerprint density at radius 3 is 2.53 bits per heavy atom. The van der Waals surface area contributed by atoms with Crippen LogP contribution in [-0.4, -0.2) is 56.4 Å². The van der Waals surface area contributed by atoms with Gasteiger partial charge in [0.25, 0.3) is 0 Å². The predicted molar refractivity (Wildman–Crippen MR) is 74.6 cm³/mol. The molecule has 1 heterocycles. The van der Waals surface area contributed by atoms with Crippen molar-refractivity contribution in [2.45, 2.75) is 44.7 Å². The molecule has 1 aliphatic heterocycles. The molecule has 0 aromatic carbocycles. The van der Waals surface area contributed by atoms with E-state index >= 15 is 0 Å². The van der Waals surface area contributed by atoms with E-state index < -0.39 is 9.84 Å². The first-order valence-electron chi connectivity index (χ1n) is 7.09. The van der Waals surface area contributed by atoms with Crippen molar-refractivity contribution in [3.63, 3.8) is 0 Å². The van der Waals surface area contributed by atoms with Crippen LogP contribution < -0.4 is 5.32 Å². The zero-order chi connectivity index (χ0) is 14.0. The molecule has 1 saturated carbocycles. The lowest BCUT2D eigenvalue weighted by molar-refractivity contribution is -0.138. The van der Waals surface area contributed by atoms with Gasteiger partial charge < -0.3 is 10.2 Å². The van der Waals surface area contributed by atoms with E-state index in [0.29, 0.717) is 0 Å². The van der Waals surface area contributed by atoms with Gasteiger partial charge in [-0.15, -0.1) is 0 Å². The molecule has 1 aliphatic carbocycles. The van der Waals surface area contributed by atoms with Crippen LogP contribution in [0.2, 0.25) is 0 Å². The number of amides is 1. The Labute approximate surface area is 115 Å². The number of piperidine rings is 1. The third kappa shape index (κ3) is 4.18. The predicted octanol–water partition coefficient (Wildman–Crippen LogP) is 0.410. The molecule has 2 aliphatic rings. The lowest BCUT2D eigenvalue weighted by atomic mass is 9.97. The Morgan fingerprint density at radius 1 is 1.37 bits per heavy atom. The maximum Gasteiger partial charge on any atom is 0.227 e. The van der Waals surface area contributed by atoms with E-state index in [0.717, 1.165) is 38.8 Å². The highest BCUT2D eigenvalue weighted by Crippen LogP contribution is 2.31. The summed E-state index contributed by atoms with van der Waals surface area (Å²) in [7, 11) is -3.05. The summed E-state index contributed by atoms with van der Waals surface area (Å²) in [5.74, 6) is 0.234. The molecule has 0 spiro atoms. The first kappa shape index (κ1) is 14.8. The highest BCUT2D eigenvalue weighted by atomic mass is 32.2. The second kappa shape index (κ2) is 5.79. The number of nitrogens with zero attached hydrogens (tertiary/aromatic N) is 1. The van der Waals surface area contributed by atoms with Crippen molar-refractivity contribution in [3.05, 3.63) is 0 Å². The number of hydrogen-bond donors (Lipinski definition) is 1. The Bertz CT molecular complexity index is 425. The fraction of sp³-hybridized carbons (Fsp3) is 0.923. The van der Waals surface area contributed by atoms with Crippen molar-refractivity contribution in [2.24, 2.45) is 5.92 Å². The number of nitrogens with one attached hydrogen (secondary N) is 1. The molecule has 2 unspecified atom stereocenters. The molecule has 110 valence electrons. The lowest BCUT2D eigenvalue weighted by Gasteiger charge is -2.34. The number of hydrogen-bond acceptors (Lipinski definition) is 4. The summed E-state index contributed by atoms with van der Waals surface area (Å²) >= 11 is 0. The van der Waals surface area contributed by atoms with E-state index in [1.54, 1.807) is 0 Å². The summed E-state index contributed by atoms with van der Waals surface area (Å²) in [5, 5.41) is 3.25. The molecule has 1 saturated heterocycles. The van der Waals surface area contributed by atoms with Crippen LogP contribution in [0.1, 0.15) is 32.6 Å². The van der Waals surface area contributed by atoms with Crippen LogP contribution in [0.3, 0.4) is 0 Å². The number of rotatable bonds is 5. The average Bonchev–Trinajstić information content (AvgIpc) is 3.12. The topological polar surface area (TPSA) is 66.5 Å². The Hall–Kier alpha value is -0.620. The van der Waals surface area contributed by atoms with Gasteiger partial charge in [-0.1, -0.05) is 0 Å². The SMILES string of the molecule is CC(CS(C)(=O)=O)N(C(=O)C1CCCNC1)C1CC1. The molecule has 0 radical (unpaired) electrons. The lowest BCUT2D eigenvalue weighted by Crippen LogP contribution is -2.49. The van der Waals surface area contributed by atoms with E-state index in [4.69, 9.17) is 0 Å². The van der Waals surface area contributed by atoms with Crippen molar-refractivity contribution in [1.29, 1.82) is 0 Å². The maximum absolute atomic E-state index is 12.6. The van der Waals surface area contributed by atoms with Crippen molar-refractivity contribution in [3.8, 4) is 0 Å². The maximum atomic E-state index is 12.6. The second-order valence-electron chi connectivity index (χ2n) is 5.96. The average molecular weight is 288 g/mol. The number of sulfone groups is 1. The van der Waals surface area contributed by atoms with Gasteiger partial charge in [0.05, 0.1) is 11.7 Å². The number of carbonyl (C=O) groups excluding carboxylic acids is 1. The van der Waals surface area contributed by atoms with Gasteiger partial charge in [0, 0.05) is 24.9 Å². The van der Waals surface area contributed by atoms with Gasteiger partial charge in [-0.2, -0.15) is 0 Å². The molecule has 5 nitrogen and oxygen atoms in total. The van der Waals surface area contributed by atoms with E-state index in [9.17, 15) is 13.2 Å². The molecule has 2 rings (SSSR count). The van der Waals surface area contributed by atoms with Gasteiger partial charge in [0.2, 0.25) is 5.91 Å². The third-order valence-corrected chi connectivity index (χ3v) is 4.95. The molecule has 1 N–H and O–H groups in total. The van der Waals surface area contributed by atoms with Gasteiger partial charge in [0.1, 0.15) is 9.84 Å². The summed E-state index contributed by atoms with van der Waals surface area (Å²) in [6, 6.07) is 0.0584. The Kier molecular flexibility index (Phi) is 4.50. The minimum absolute atomic E-state index is 0.0244. The van der Waals surface area contributed by atoms with Gasteiger partial charge in [0.15, 0.2) is 0 Å². The summed E-state index contributed by atoms with van der Waals surface area (Å²) in [6.07, 6.45) is 5.21. The third-order valence-electron chi connectivity index (χ3n) is 3.86. The molecule has 0 aromatic heterocycles. The minimum atomic E-state index is -3.05. The quantitative estimate of drug-likeness (QED) is 0.796. The normalized spacial score (nSPS) is 25.9. The van der Waals surface area contributed by atoms with Gasteiger partial charge in [-0.25, -0.2) is 8.42 Å². The van der Waals surface area contributed by atoms with Gasteiger partial charge in [-0.3, -0.25) is 4.79 Å². The van der Waals surface area contributed by atoms with Gasteiger partial charge in [-0.05, 0) is 39.2 Å². The molecular weight excluding hydrogens is 264 g/mol. The van der Waals surface area contributed by atoms with Gasteiger partial charge >= 0.3 is 0 Å². The Balaban J connectivity index is 2.04. The van der Waals surface area contributed by atoms with Crippen LogP contribution in [0.25, 0.3) is 0 Å². The molecular formula is C13H24N2O3S. The van der Waals surface area contributed by atoms with Crippen LogP contribution in [0.15, 0.2) is 0 Å². The molecule has 2 fully saturated rings.